The van der Waals surface area contributed by atoms with Crippen molar-refractivity contribution in [3.05, 3.63) is 59.4 Å². The van der Waals surface area contributed by atoms with E-state index in [0.29, 0.717) is 0 Å². The Morgan fingerprint density at radius 3 is 2.52 bits per heavy atom. The molecule has 1 nitrogen and oxygen atoms in total. The highest BCUT2D eigenvalue weighted by molar-refractivity contribution is 5.25. The first-order chi connectivity index (χ1) is 11.2. The summed E-state index contributed by atoms with van der Waals surface area (Å²) in [5, 5.41) is 8.32. The number of hydrogen-bond acceptors (Lipinski definition) is 1. The molecule has 0 aliphatic heterocycles. The number of benzene rings is 1. The zero-order valence-electron chi connectivity index (χ0n) is 14.0. The molecule has 23 heavy (non-hydrogen) atoms. The van der Waals surface area contributed by atoms with Gasteiger partial charge in [0.25, 0.3) is 0 Å². The van der Waals surface area contributed by atoms with E-state index in [0.717, 1.165) is 24.7 Å². The molecule has 1 aliphatic carbocycles. The van der Waals surface area contributed by atoms with Crippen LogP contribution in [-0.2, 0) is 6.42 Å². The van der Waals surface area contributed by atoms with Gasteiger partial charge in [0.1, 0.15) is 6.07 Å². The molecule has 0 unspecified atom stereocenters. The molecule has 0 spiro atoms. The molecule has 0 aromatic heterocycles. The Balaban J connectivity index is 1.72. The topological polar surface area (TPSA) is 23.8 Å². The summed E-state index contributed by atoms with van der Waals surface area (Å²) in [6.07, 6.45) is 13.2. The molecule has 0 bridgehead atoms. The average Bonchev–Trinajstić information content (AvgIpc) is 2.62. The number of allylic oxidation sites excluding steroid dienone is 4. The van der Waals surface area contributed by atoms with Gasteiger partial charge in [-0.05, 0) is 74.0 Å². The molecule has 0 heterocycles. The fourth-order valence-electron chi connectivity index (χ4n) is 3.43. The lowest BCUT2D eigenvalue weighted by molar-refractivity contribution is 0.312. The van der Waals surface area contributed by atoms with Gasteiger partial charge >= 0.3 is 0 Å². The monoisotopic (exact) mass is 311 g/mol. The number of nitrogens with zero attached hydrogens (tertiary/aromatic N) is 1. The predicted octanol–water partition coefficient (Wildman–Crippen LogP) is 6.24. The maximum Gasteiger partial charge on any atom is 0.199 e. The molecule has 2 heteroatoms. The second-order valence-electron chi connectivity index (χ2n) is 6.44. The predicted molar refractivity (Wildman–Crippen MR) is 93.7 cm³/mol. The first kappa shape index (κ1) is 17.5. The molecule has 1 aliphatic rings. The van der Waals surface area contributed by atoms with Gasteiger partial charge in [0.2, 0.25) is 0 Å². The third kappa shape index (κ3) is 5.67. The smallest absolute Gasteiger partial charge is 0.195 e. The largest absolute Gasteiger partial charge is 0.199 e. The van der Waals surface area contributed by atoms with Gasteiger partial charge in [0, 0.05) is 0 Å². The number of halogens is 1. The summed E-state index contributed by atoms with van der Waals surface area (Å²) in [6, 6.07) is 10.6. The summed E-state index contributed by atoms with van der Waals surface area (Å²) in [6.45, 7) is 2.19. The van der Waals surface area contributed by atoms with E-state index in [9.17, 15) is 4.39 Å². The van der Waals surface area contributed by atoms with Gasteiger partial charge in [-0.1, -0.05) is 43.3 Å². The van der Waals surface area contributed by atoms with Crippen molar-refractivity contribution in [2.24, 2.45) is 5.92 Å². The van der Waals surface area contributed by atoms with Gasteiger partial charge in [0.15, 0.2) is 5.83 Å². The first-order valence-electron chi connectivity index (χ1n) is 8.74. The van der Waals surface area contributed by atoms with E-state index in [1.807, 2.05) is 6.08 Å². The lowest BCUT2D eigenvalue weighted by Crippen LogP contribution is -2.13. The van der Waals surface area contributed by atoms with Gasteiger partial charge in [-0.15, -0.1) is 0 Å². The van der Waals surface area contributed by atoms with Crippen molar-refractivity contribution in [2.45, 2.75) is 57.8 Å². The van der Waals surface area contributed by atoms with E-state index in [1.165, 1.54) is 55.4 Å². The quantitative estimate of drug-likeness (QED) is 0.451. The Bertz CT molecular complexity index is 569. The number of hydrogen-bond donors (Lipinski definition) is 0. The summed E-state index contributed by atoms with van der Waals surface area (Å²) < 4.78 is 12.6. The van der Waals surface area contributed by atoms with Crippen LogP contribution in [0.4, 0.5) is 4.39 Å². The zero-order valence-corrected chi connectivity index (χ0v) is 14.0. The van der Waals surface area contributed by atoms with E-state index < -0.39 is 5.83 Å². The van der Waals surface area contributed by atoms with Crippen LogP contribution in [0.2, 0.25) is 0 Å². The Labute approximate surface area is 139 Å². The van der Waals surface area contributed by atoms with Crippen LogP contribution in [0, 0.1) is 17.2 Å². The molecule has 0 saturated heterocycles. The van der Waals surface area contributed by atoms with Crippen LogP contribution in [0.5, 0.6) is 0 Å². The maximum atomic E-state index is 12.6. The normalized spacial score (nSPS) is 22.2. The van der Waals surface area contributed by atoms with Crippen LogP contribution in [-0.4, -0.2) is 0 Å². The Kier molecular flexibility index (Phi) is 7.07. The molecule has 0 amide bonds. The van der Waals surface area contributed by atoms with Crippen molar-refractivity contribution in [3.63, 3.8) is 0 Å². The minimum absolute atomic E-state index is 0.723. The SMILES string of the molecule is CCc1ccc([C@H]2CC[C@H](CC/C=C/C=C(\F)C#N)CC2)cc1. The van der Waals surface area contributed by atoms with Crippen molar-refractivity contribution in [1.29, 1.82) is 5.26 Å². The number of rotatable bonds is 6. The van der Waals surface area contributed by atoms with Gasteiger partial charge in [-0.2, -0.15) is 9.65 Å². The summed E-state index contributed by atoms with van der Waals surface area (Å²) >= 11 is 0. The van der Waals surface area contributed by atoms with E-state index in [1.54, 1.807) is 6.08 Å². The summed E-state index contributed by atoms with van der Waals surface area (Å²) in [5.41, 5.74) is 2.91. The second kappa shape index (κ2) is 9.30. The van der Waals surface area contributed by atoms with Gasteiger partial charge in [0.05, 0.1) is 0 Å². The van der Waals surface area contributed by atoms with Crippen molar-refractivity contribution in [1.82, 2.24) is 0 Å². The van der Waals surface area contributed by atoms with E-state index >= 15 is 0 Å². The van der Waals surface area contributed by atoms with E-state index in [-0.39, 0.29) is 0 Å². The number of nitriles is 1. The van der Waals surface area contributed by atoms with Gasteiger partial charge in [-0.25, -0.2) is 0 Å². The van der Waals surface area contributed by atoms with Gasteiger partial charge in [-0.3, -0.25) is 0 Å². The van der Waals surface area contributed by atoms with Crippen LogP contribution in [0.3, 0.4) is 0 Å². The fraction of sp³-hybridized carbons (Fsp3) is 0.476. The molecule has 1 fully saturated rings. The van der Waals surface area contributed by atoms with E-state index in [2.05, 4.69) is 31.2 Å². The average molecular weight is 311 g/mol. The second-order valence-corrected chi connectivity index (χ2v) is 6.44. The molecule has 0 N–H and O–H groups in total. The summed E-state index contributed by atoms with van der Waals surface area (Å²) in [4.78, 5) is 0. The maximum absolute atomic E-state index is 12.6. The fourth-order valence-corrected chi connectivity index (χ4v) is 3.43. The standard InChI is InChI=1S/C21H26FN/c1-2-17-8-12-19(13-9-17)20-14-10-18(11-15-20)6-4-3-5-7-21(22)16-23/h3,5,7-9,12-13,18,20H,2,4,6,10-11,14-15H2,1H3/b5-3+,21-7-/t18-,20-. The third-order valence-electron chi connectivity index (χ3n) is 4.93. The Hall–Kier alpha value is -1.88. The molecule has 1 aromatic rings. The molecule has 1 saturated carbocycles. The highest BCUT2D eigenvalue weighted by Gasteiger charge is 2.21. The van der Waals surface area contributed by atoms with Crippen molar-refractivity contribution < 1.29 is 4.39 Å². The van der Waals surface area contributed by atoms with Crippen LogP contribution < -0.4 is 0 Å². The highest BCUT2D eigenvalue weighted by Crippen LogP contribution is 2.37. The minimum atomic E-state index is -0.726. The van der Waals surface area contributed by atoms with Crippen LogP contribution >= 0.6 is 0 Å². The Morgan fingerprint density at radius 2 is 1.91 bits per heavy atom. The van der Waals surface area contributed by atoms with Crippen molar-refractivity contribution in [2.75, 3.05) is 0 Å². The van der Waals surface area contributed by atoms with E-state index in [4.69, 9.17) is 5.26 Å². The molecule has 0 radical (unpaired) electrons. The van der Waals surface area contributed by atoms with Crippen LogP contribution in [0.25, 0.3) is 0 Å². The van der Waals surface area contributed by atoms with Crippen LogP contribution in [0.1, 0.15) is 62.5 Å². The molecule has 1 aromatic carbocycles. The summed E-state index contributed by atoms with van der Waals surface area (Å²) in [7, 11) is 0. The third-order valence-corrected chi connectivity index (χ3v) is 4.93. The van der Waals surface area contributed by atoms with Gasteiger partial charge < -0.3 is 0 Å². The molecule has 0 atom stereocenters. The van der Waals surface area contributed by atoms with Crippen LogP contribution in [0.15, 0.2) is 48.3 Å². The summed E-state index contributed by atoms with van der Waals surface area (Å²) in [5.74, 6) is 0.784. The van der Waals surface area contributed by atoms with Crippen molar-refractivity contribution >= 4 is 0 Å². The lowest BCUT2D eigenvalue weighted by Gasteiger charge is -2.28. The molecule has 122 valence electrons. The number of aryl methyl sites for hydroxylation is 1. The minimum Gasteiger partial charge on any atom is -0.195 e. The molecule has 2 rings (SSSR count). The lowest BCUT2D eigenvalue weighted by atomic mass is 9.77. The highest BCUT2D eigenvalue weighted by atomic mass is 19.1. The zero-order chi connectivity index (χ0) is 16.5. The first-order valence-corrected chi connectivity index (χ1v) is 8.74. The van der Waals surface area contributed by atoms with Crippen molar-refractivity contribution in [3.8, 4) is 6.07 Å². The molecular formula is C21H26FN. The molecular weight excluding hydrogens is 285 g/mol. The Morgan fingerprint density at radius 1 is 1.22 bits per heavy atom.